The molecule has 0 spiro atoms. The number of aromatic amines is 1. The van der Waals surface area contributed by atoms with E-state index in [1.54, 1.807) is 11.3 Å². The van der Waals surface area contributed by atoms with Crippen molar-refractivity contribution in [2.45, 2.75) is 6.92 Å². The fourth-order valence-corrected chi connectivity index (χ4v) is 3.35. The van der Waals surface area contributed by atoms with E-state index in [0.717, 1.165) is 25.1 Å². The van der Waals surface area contributed by atoms with Gasteiger partial charge in [0.15, 0.2) is 0 Å². The highest BCUT2D eigenvalue weighted by molar-refractivity contribution is 9.13. The van der Waals surface area contributed by atoms with Gasteiger partial charge < -0.3 is 5.73 Å². The molecule has 0 aliphatic rings. The summed E-state index contributed by atoms with van der Waals surface area (Å²) in [5, 5.41) is 8.92. The Morgan fingerprint density at radius 1 is 1.50 bits per heavy atom. The zero-order chi connectivity index (χ0) is 10.3. The average Bonchev–Trinajstić information content (AvgIpc) is 2.63. The van der Waals surface area contributed by atoms with Gasteiger partial charge in [0.1, 0.15) is 5.82 Å². The standard InChI is InChI=1S/C8H7Br2N3S/c1-3-6(12-13-8(3)11)7-5(10)4(9)2-14-7/h2H,1H3,(H3,11,12,13). The van der Waals surface area contributed by atoms with Gasteiger partial charge in [0.05, 0.1) is 15.0 Å². The number of hydrogen-bond acceptors (Lipinski definition) is 3. The highest BCUT2D eigenvalue weighted by Crippen LogP contribution is 2.40. The van der Waals surface area contributed by atoms with Crippen molar-refractivity contribution >= 4 is 49.0 Å². The number of rotatable bonds is 1. The number of anilines is 1. The Hall–Kier alpha value is -0.330. The SMILES string of the molecule is Cc1c(N)n[nH]c1-c1scc(Br)c1Br. The van der Waals surface area contributed by atoms with E-state index in [9.17, 15) is 0 Å². The summed E-state index contributed by atoms with van der Waals surface area (Å²) >= 11 is 8.58. The number of nitrogens with zero attached hydrogens (tertiary/aromatic N) is 1. The molecule has 0 bridgehead atoms. The van der Waals surface area contributed by atoms with E-state index < -0.39 is 0 Å². The lowest BCUT2D eigenvalue weighted by Crippen LogP contribution is -1.85. The third kappa shape index (κ3) is 1.51. The number of H-pyrrole nitrogens is 1. The molecular weight excluding hydrogens is 330 g/mol. The van der Waals surface area contributed by atoms with Crippen LogP contribution in [0.25, 0.3) is 10.6 Å². The molecule has 2 aromatic rings. The Balaban J connectivity index is 2.60. The fraction of sp³-hybridized carbons (Fsp3) is 0.125. The summed E-state index contributed by atoms with van der Waals surface area (Å²) in [6.07, 6.45) is 0. The van der Waals surface area contributed by atoms with Crippen LogP contribution in [0.1, 0.15) is 5.56 Å². The maximum Gasteiger partial charge on any atom is 0.148 e. The maximum atomic E-state index is 5.67. The molecule has 3 N–H and O–H groups in total. The number of halogens is 2. The Labute approximate surface area is 102 Å². The van der Waals surface area contributed by atoms with Gasteiger partial charge in [-0.05, 0) is 38.8 Å². The number of nitrogens with two attached hydrogens (primary N) is 1. The van der Waals surface area contributed by atoms with Crippen molar-refractivity contribution in [2.24, 2.45) is 0 Å². The summed E-state index contributed by atoms with van der Waals surface area (Å²) < 4.78 is 2.08. The molecule has 0 saturated carbocycles. The summed E-state index contributed by atoms with van der Waals surface area (Å²) in [4.78, 5) is 1.11. The van der Waals surface area contributed by atoms with E-state index in [-0.39, 0.29) is 0 Å². The highest BCUT2D eigenvalue weighted by atomic mass is 79.9. The monoisotopic (exact) mass is 335 g/mol. The average molecular weight is 337 g/mol. The molecule has 2 aromatic heterocycles. The molecule has 0 aromatic carbocycles. The fourth-order valence-electron chi connectivity index (χ4n) is 1.12. The molecule has 0 radical (unpaired) electrons. The molecule has 0 saturated heterocycles. The van der Waals surface area contributed by atoms with Crippen molar-refractivity contribution in [1.82, 2.24) is 10.2 Å². The predicted molar refractivity (Wildman–Crippen MR) is 66.5 cm³/mol. The molecule has 2 heterocycles. The van der Waals surface area contributed by atoms with Crippen LogP contribution >= 0.6 is 43.2 Å². The summed E-state index contributed by atoms with van der Waals surface area (Å²) in [6, 6.07) is 0. The maximum absolute atomic E-state index is 5.67. The van der Waals surface area contributed by atoms with E-state index in [0.29, 0.717) is 5.82 Å². The second-order valence-electron chi connectivity index (χ2n) is 2.84. The van der Waals surface area contributed by atoms with Gasteiger partial charge in [-0.2, -0.15) is 5.10 Å². The lowest BCUT2D eigenvalue weighted by Gasteiger charge is -1.96. The van der Waals surface area contributed by atoms with Crippen LogP contribution in [0.4, 0.5) is 5.82 Å². The zero-order valence-electron chi connectivity index (χ0n) is 7.27. The molecule has 0 atom stereocenters. The van der Waals surface area contributed by atoms with Crippen LogP contribution in [0.5, 0.6) is 0 Å². The van der Waals surface area contributed by atoms with E-state index in [1.165, 1.54) is 0 Å². The van der Waals surface area contributed by atoms with E-state index in [1.807, 2.05) is 12.3 Å². The van der Waals surface area contributed by atoms with Crippen LogP contribution in [0.2, 0.25) is 0 Å². The molecule has 0 aliphatic heterocycles. The molecule has 14 heavy (non-hydrogen) atoms. The normalized spacial score (nSPS) is 10.8. The van der Waals surface area contributed by atoms with Gasteiger partial charge in [-0.25, -0.2) is 0 Å². The van der Waals surface area contributed by atoms with Gasteiger partial charge in [-0.3, -0.25) is 5.10 Å². The minimum Gasteiger partial charge on any atom is -0.382 e. The summed E-state index contributed by atoms with van der Waals surface area (Å²) in [5.74, 6) is 0.552. The first-order valence-corrected chi connectivity index (χ1v) is 6.31. The molecule has 0 unspecified atom stereocenters. The summed E-state index contributed by atoms with van der Waals surface area (Å²) in [5.41, 5.74) is 7.63. The van der Waals surface area contributed by atoms with Crippen LogP contribution < -0.4 is 5.73 Å². The van der Waals surface area contributed by atoms with Crippen LogP contribution in [0.15, 0.2) is 14.3 Å². The Morgan fingerprint density at radius 3 is 2.64 bits per heavy atom. The Bertz CT molecular complexity index is 431. The van der Waals surface area contributed by atoms with E-state index in [2.05, 4.69) is 42.1 Å². The van der Waals surface area contributed by atoms with Crippen molar-refractivity contribution in [3.63, 3.8) is 0 Å². The minimum absolute atomic E-state index is 0.552. The lowest BCUT2D eigenvalue weighted by atomic mass is 10.2. The van der Waals surface area contributed by atoms with Crippen molar-refractivity contribution < 1.29 is 0 Å². The Kier molecular flexibility index (Phi) is 2.68. The number of thiophene rings is 1. The molecular formula is C8H7Br2N3S. The Morgan fingerprint density at radius 2 is 2.21 bits per heavy atom. The highest BCUT2D eigenvalue weighted by Gasteiger charge is 2.14. The van der Waals surface area contributed by atoms with Crippen LogP contribution in [0, 0.1) is 6.92 Å². The molecule has 0 amide bonds. The van der Waals surface area contributed by atoms with Crippen molar-refractivity contribution in [2.75, 3.05) is 5.73 Å². The zero-order valence-corrected chi connectivity index (χ0v) is 11.3. The van der Waals surface area contributed by atoms with Crippen LogP contribution in [-0.2, 0) is 0 Å². The second-order valence-corrected chi connectivity index (χ2v) is 5.36. The largest absolute Gasteiger partial charge is 0.382 e. The number of nitrogen functional groups attached to an aromatic ring is 1. The van der Waals surface area contributed by atoms with Gasteiger partial charge in [-0.15, -0.1) is 11.3 Å². The van der Waals surface area contributed by atoms with E-state index >= 15 is 0 Å². The lowest BCUT2D eigenvalue weighted by molar-refractivity contribution is 1.10. The smallest absolute Gasteiger partial charge is 0.148 e. The number of hydrogen-bond donors (Lipinski definition) is 2. The van der Waals surface area contributed by atoms with Gasteiger partial charge >= 0.3 is 0 Å². The third-order valence-electron chi connectivity index (χ3n) is 1.96. The molecule has 2 rings (SSSR count). The van der Waals surface area contributed by atoms with Crippen LogP contribution in [0.3, 0.4) is 0 Å². The molecule has 0 fully saturated rings. The third-order valence-corrected chi connectivity index (χ3v) is 5.51. The van der Waals surface area contributed by atoms with Crippen LogP contribution in [-0.4, -0.2) is 10.2 Å². The summed E-state index contributed by atoms with van der Waals surface area (Å²) in [6.45, 7) is 1.95. The topological polar surface area (TPSA) is 54.7 Å². The van der Waals surface area contributed by atoms with Crippen molar-refractivity contribution in [3.05, 3.63) is 19.9 Å². The van der Waals surface area contributed by atoms with Gasteiger partial charge in [0.25, 0.3) is 0 Å². The first-order chi connectivity index (χ1) is 6.61. The molecule has 0 aliphatic carbocycles. The van der Waals surface area contributed by atoms with Gasteiger partial charge in [0, 0.05) is 15.4 Å². The molecule has 6 heteroatoms. The molecule has 74 valence electrons. The summed E-state index contributed by atoms with van der Waals surface area (Å²) in [7, 11) is 0. The second kappa shape index (κ2) is 3.67. The minimum atomic E-state index is 0.552. The number of aromatic nitrogens is 2. The van der Waals surface area contributed by atoms with Crippen molar-refractivity contribution in [3.8, 4) is 10.6 Å². The quantitative estimate of drug-likeness (QED) is 0.836. The van der Waals surface area contributed by atoms with Crippen molar-refractivity contribution in [1.29, 1.82) is 0 Å². The first kappa shape index (κ1) is 10.2. The number of nitrogens with one attached hydrogen (secondary N) is 1. The first-order valence-electron chi connectivity index (χ1n) is 3.84. The van der Waals surface area contributed by atoms with Gasteiger partial charge in [-0.1, -0.05) is 0 Å². The van der Waals surface area contributed by atoms with Gasteiger partial charge in [0.2, 0.25) is 0 Å². The van der Waals surface area contributed by atoms with E-state index in [4.69, 9.17) is 5.73 Å². The molecule has 3 nitrogen and oxygen atoms in total. The predicted octanol–water partition coefficient (Wildman–Crippen LogP) is 3.55.